The van der Waals surface area contributed by atoms with Gasteiger partial charge in [0, 0.05) is 54.8 Å². The summed E-state index contributed by atoms with van der Waals surface area (Å²) in [6.45, 7) is 4.24. The number of carbonyl (C=O) groups excluding carboxylic acids is 1. The predicted molar refractivity (Wildman–Crippen MR) is 125 cm³/mol. The van der Waals surface area contributed by atoms with E-state index in [0.717, 1.165) is 22.3 Å². The zero-order chi connectivity index (χ0) is 23.7. The van der Waals surface area contributed by atoms with Gasteiger partial charge in [-0.05, 0) is 51.6 Å². The number of Topliss-reactive ketones (excluding diaryl/α,β-unsaturated/α-hetero) is 1. The molecule has 0 spiro atoms. The van der Waals surface area contributed by atoms with Crippen molar-refractivity contribution in [3.63, 3.8) is 0 Å². The van der Waals surface area contributed by atoms with Crippen LogP contribution in [0, 0.1) is 49.4 Å². The molecule has 0 atom stereocenters. The number of hydrogen-bond acceptors (Lipinski definition) is 4. The van der Waals surface area contributed by atoms with E-state index < -0.39 is 28.9 Å². The van der Waals surface area contributed by atoms with Crippen LogP contribution in [0.1, 0.15) is 35.3 Å². The van der Waals surface area contributed by atoms with Gasteiger partial charge in [-0.3, -0.25) is 4.79 Å². The Morgan fingerprint density at radius 2 is 1.47 bits per heavy atom. The number of ketones is 1. The van der Waals surface area contributed by atoms with Gasteiger partial charge in [-0.25, -0.2) is 4.79 Å². The third kappa shape index (κ3) is 4.57. The molecule has 0 bridgehead atoms. The van der Waals surface area contributed by atoms with Crippen molar-refractivity contribution in [2.24, 2.45) is 0 Å². The fourth-order valence-electron chi connectivity index (χ4n) is 4.59. The summed E-state index contributed by atoms with van der Waals surface area (Å²) in [6.07, 6.45) is -5.32. The van der Waals surface area contributed by atoms with Crippen LogP contribution in [0.5, 0.6) is 5.75 Å². The van der Waals surface area contributed by atoms with E-state index in [2.05, 4.69) is 26.0 Å². The van der Waals surface area contributed by atoms with Crippen molar-refractivity contribution < 1.29 is 87.8 Å². The zero-order valence-corrected chi connectivity index (χ0v) is 21.4. The van der Waals surface area contributed by atoms with Crippen LogP contribution in [-0.4, -0.2) is 28.0 Å². The minimum absolute atomic E-state index is 0. The Hall–Kier alpha value is -2.37. The molecule has 4 aromatic rings. The van der Waals surface area contributed by atoms with Gasteiger partial charge in [0.15, 0.2) is 5.56 Å². The molecule has 1 radical (unpaired) electrons. The van der Waals surface area contributed by atoms with Crippen molar-refractivity contribution in [2.75, 3.05) is 0 Å². The Morgan fingerprint density at radius 1 is 0.889 bits per heavy atom. The van der Waals surface area contributed by atoms with E-state index in [0.29, 0.717) is 5.56 Å². The summed E-state index contributed by atoms with van der Waals surface area (Å²) < 4.78 is 43.6. The molecule has 0 amide bonds. The second kappa shape index (κ2) is 10.2. The van der Waals surface area contributed by atoms with Gasteiger partial charge in [-0.15, -0.1) is 0 Å². The summed E-state index contributed by atoms with van der Waals surface area (Å²) in [4.78, 5) is 23.6. The SMILES string of the molecule is CC1(C)c2ccccc2-c2ccc(-c3ccc4oc(=O)c(C(=O)C(F)(F)F)c(O)c4c3)cc21.O.O.[Eu]. The van der Waals surface area contributed by atoms with E-state index in [-0.39, 0.29) is 76.7 Å². The Morgan fingerprint density at radius 3 is 2.14 bits per heavy atom. The number of aromatic hydroxyl groups is 1. The van der Waals surface area contributed by atoms with Gasteiger partial charge in [0.2, 0.25) is 0 Å². The molecule has 1 aromatic heterocycles. The van der Waals surface area contributed by atoms with Crippen LogP contribution in [0.4, 0.5) is 13.2 Å². The summed E-state index contributed by atoms with van der Waals surface area (Å²) in [6, 6.07) is 18.5. The number of fused-ring (bicyclic) bond motifs is 4. The van der Waals surface area contributed by atoms with E-state index in [1.54, 1.807) is 6.07 Å². The van der Waals surface area contributed by atoms with Crippen LogP contribution in [-0.2, 0) is 5.41 Å². The number of halogens is 3. The van der Waals surface area contributed by atoms with E-state index in [1.165, 1.54) is 17.7 Å². The van der Waals surface area contributed by atoms with Crippen LogP contribution in [0.2, 0.25) is 0 Å². The Kier molecular flexibility index (Phi) is 8.45. The molecule has 0 aliphatic heterocycles. The van der Waals surface area contributed by atoms with E-state index in [4.69, 9.17) is 4.42 Å². The van der Waals surface area contributed by atoms with Gasteiger partial charge >= 0.3 is 11.8 Å². The molecule has 0 fully saturated rings. The summed E-state index contributed by atoms with van der Waals surface area (Å²) in [5.74, 6) is -3.49. The minimum Gasteiger partial charge on any atom is -0.506 e. The van der Waals surface area contributed by atoms with Gasteiger partial charge in [0.1, 0.15) is 11.3 Å². The van der Waals surface area contributed by atoms with Crippen LogP contribution in [0.25, 0.3) is 33.2 Å². The second-order valence-electron chi connectivity index (χ2n) is 8.58. The number of rotatable bonds is 2. The molecule has 1 aliphatic carbocycles. The van der Waals surface area contributed by atoms with Crippen molar-refractivity contribution in [3.8, 4) is 28.0 Å². The molecule has 1 aliphatic rings. The number of benzene rings is 3. The zero-order valence-electron chi connectivity index (χ0n) is 19.0. The Balaban J connectivity index is 0.00000152. The molecule has 1 heterocycles. The maximum atomic E-state index is 12.9. The van der Waals surface area contributed by atoms with Crippen molar-refractivity contribution in [1.82, 2.24) is 0 Å². The maximum absolute atomic E-state index is 12.9. The smallest absolute Gasteiger partial charge is 0.455 e. The fraction of sp³-hybridized carbons (Fsp3) is 0.154. The first-order valence-electron chi connectivity index (χ1n) is 10.2. The first-order chi connectivity index (χ1) is 15.5. The quantitative estimate of drug-likeness (QED) is 0.255. The summed E-state index contributed by atoms with van der Waals surface area (Å²) in [5.41, 5.74) is 2.59. The standard InChI is InChI=1S/C26H17F3O4.Eu.2H2O/c1-25(2)18-6-4-3-5-15(18)16-9-7-14(12-19(16)25)13-8-10-20-17(11-13)22(30)21(24(32)33-20)23(31)26(27,28)29;;;/h3-12,30H,1-2H3;;2*1H2. The third-order valence-corrected chi connectivity index (χ3v) is 6.28. The van der Waals surface area contributed by atoms with Gasteiger partial charge in [0.05, 0.1) is 5.39 Å². The maximum Gasteiger partial charge on any atom is 0.455 e. The summed E-state index contributed by atoms with van der Waals surface area (Å²) >= 11 is 0. The van der Waals surface area contributed by atoms with E-state index >= 15 is 0 Å². The van der Waals surface area contributed by atoms with Crippen LogP contribution in [0.3, 0.4) is 0 Å². The Bertz CT molecular complexity index is 1540. The van der Waals surface area contributed by atoms with Crippen LogP contribution in [0.15, 0.2) is 69.9 Å². The number of carbonyl (C=O) groups is 1. The topological polar surface area (TPSA) is 131 Å². The third-order valence-electron chi connectivity index (χ3n) is 6.28. The average Bonchev–Trinajstić information content (AvgIpc) is 3.00. The van der Waals surface area contributed by atoms with Gasteiger partial charge < -0.3 is 20.5 Å². The average molecular weight is 638 g/mol. The van der Waals surface area contributed by atoms with Gasteiger partial charge in [0.25, 0.3) is 5.78 Å². The second-order valence-corrected chi connectivity index (χ2v) is 8.58. The normalized spacial score (nSPS) is 13.0. The molecule has 189 valence electrons. The minimum atomic E-state index is -5.32. The first-order valence-corrected chi connectivity index (χ1v) is 10.2. The summed E-state index contributed by atoms with van der Waals surface area (Å²) in [7, 11) is 0. The molecule has 36 heavy (non-hydrogen) atoms. The molecule has 0 saturated heterocycles. The molecular weight excluding hydrogens is 617 g/mol. The van der Waals surface area contributed by atoms with E-state index in [1.807, 2.05) is 30.3 Å². The largest absolute Gasteiger partial charge is 0.506 e. The fourth-order valence-corrected chi connectivity index (χ4v) is 4.59. The van der Waals surface area contributed by atoms with Crippen LogP contribution < -0.4 is 5.63 Å². The van der Waals surface area contributed by atoms with Gasteiger partial charge in [-0.1, -0.05) is 56.3 Å². The number of hydrogen-bond donors (Lipinski definition) is 1. The van der Waals surface area contributed by atoms with Crippen molar-refractivity contribution in [3.05, 3.63) is 87.8 Å². The monoisotopic (exact) mass is 639 g/mol. The molecule has 6 nitrogen and oxygen atoms in total. The van der Waals surface area contributed by atoms with Crippen LogP contribution >= 0.6 is 0 Å². The predicted octanol–water partition coefficient (Wildman–Crippen LogP) is 4.57. The molecule has 3 aromatic carbocycles. The molecule has 0 unspecified atom stereocenters. The number of alkyl halides is 3. The molecule has 5 N–H and O–H groups in total. The molecule has 10 heteroatoms. The van der Waals surface area contributed by atoms with Crippen molar-refractivity contribution in [2.45, 2.75) is 25.4 Å². The van der Waals surface area contributed by atoms with E-state index in [9.17, 15) is 27.9 Å². The van der Waals surface area contributed by atoms with Gasteiger partial charge in [-0.2, -0.15) is 13.2 Å². The molecule has 0 saturated carbocycles. The Labute approximate surface area is 243 Å². The summed E-state index contributed by atoms with van der Waals surface area (Å²) in [5, 5.41) is 10.3. The van der Waals surface area contributed by atoms with Crippen molar-refractivity contribution >= 4 is 16.8 Å². The first kappa shape index (κ1) is 29.9. The molecule has 5 rings (SSSR count). The van der Waals surface area contributed by atoms with Crippen molar-refractivity contribution in [1.29, 1.82) is 0 Å². The molecular formula is C26H21EuF3O6.